The molecule has 10 heteroatoms. The summed E-state index contributed by atoms with van der Waals surface area (Å²) in [4.78, 5) is 21.6. The molecule has 7 aromatic rings. The third-order valence-corrected chi connectivity index (χ3v) is 9.59. The number of hydrogen-bond acceptors (Lipinski definition) is 5. The minimum atomic E-state index is -4.02. The number of aromatic nitrogens is 4. The largest absolute Gasteiger partial charge is 0.478 e. The number of fused-ring (bicyclic) bond motifs is 2. The van der Waals surface area contributed by atoms with Crippen molar-refractivity contribution in [2.75, 3.05) is 0 Å². The van der Waals surface area contributed by atoms with Crippen LogP contribution >= 0.6 is 0 Å². The van der Waals surface area contributed by atoms with E-state index >= 15 is 0 Å². The van der Waals surface area contributed by atoms with Crippen molar-refractivity contribution in [3.8, 4) is 22.5 Å². The van der Waals surface area contributed by atoms with Gasteiger partial charge in [0.25, 0.3) is 10.1 Å². The van der Waals surface area contributed by atoms with Gasteiger partial charge in [-0.3, -0.25) is 4.55 Å². The van der Waals surface area contributed by atoms with Crippen LogP contribution < -0.4 is 0 Å². The molecule has 0 bridgehead atoms. The molecule has 0 unspecified atom stereocenters. The maximum Gasteiger partial charge on any atom is 0.336 e. The van der Waals surface area contributed by atoms with Gasteiger partial charge < -0.3 is 14.2 Å². The summed E-state index contributed by atoms with van der Waals surface area (Å²) < 4.78 is 34.0. The van der Waals surface area contributed by atoms with Crippen molar-refractivity contribution >= 4 is 38.2 Å². The van der Waals surface area contributed by atoms with Crippen molar-refractivity contribution in [2.24, 2.45) is 7.05 Å². The van der Waals surface area contributed by atoms with Gasteiger partial charge in [-0.2, -0.15) is 8.42 Å². The van der Waals surface area contributed by atoms with Crippen LogP contribution in [0.1, 0.15) is 46.2 Å². The summed E-state index contributed by atoms with van der Waals surface area (Å²) in [6.45, 7) is 6.82. The lowest BCUT2D eigenvalue weighted by atomic mass is 9.98. The molecule has 0 aliphatic rings. The summed E-state index contributed by atoms with van der Waals surface area (Å²) in [6.07, 6.45) is 1.89. The Bertz CT molecular complexity index is 2450. The van der Waals surface area contributed by atoms with Gasteiger partial charge >= 0.3 is 5.97 Å². The number of rotatable bonds is 8. The molecular formula is C40H38N4O5S. The van der Waals surface area contributed by atoms with Crippen LogP contribution in [0.15, 0.2) is 114 Å². The molecule has 5 aromatic carbocycles. The number of aryl methyl sites for hydroxylation is 4. The maximum atomic E-state index is 11.7. The average Bonchev–Trinajstić information content (AvgIpc) is 3.62. The Labute approximate surface area is 291 Å². The summed E-state index contributed by atoms with van der Waals surface area (Å²) in [6, 6.07) is 33.9. The summed E-state index contributed by atoms with van der Waals surface area (Å²) in [5.74, 6) is 1.08. The summed E-state index contributed by atoms with van der Waals surface area (Å²) in [5.41, 5.74) is 10.4. The average molecular weight is 687 g/mol. The Kier molecular flexibility index (Phi) is 9.67. The van der Waals surface area contributed by atoms with Gasteiger partial charge in [0.2, 0.25) is 0 Å². The number of imidazole rings is 2. The molecule has 254 valence electrons. The lowest BCUT2D eigenvalue weighted by Gasteiger charge is -2.12. The van der Waals surface area contributed by atoms with Crippen molar-refractivity contribution in [2.45, 2.75) is 45.1 Å². The highest BCUT2D eigenvalue weighted by molar-refractivity contribution is 7.85. The van der Waals surface area contributed by atoms with Crippen LogP contribution in [0.3, 0.4) is 0 Å². The highest BCUT2D eigenvalue weighted by Gasteiger charge is 2.18. The van der Waals surface area contributed by atoms with E-state index in [1.807, 2.05) is 49.4 Å². The molecule has 2 aromatic heterocycles. The molecule has 0 saturated carbocycles. The van der Waals surface area contributed by atoms with Gasteiger partial charge in [-0.05, 0) is 85.0 Å². The number of para-hydroxylation sites is 2. The topological polar surface area (TPSA) is 127 Å². The van der Waals surface area contributed by atoms with E-state index in [2.05, 4.69) is 60.4 Å². The van der Waals surface area contributed by atoms with Gasteiger partial charge in [0.15, 0.2) is 0 Å². The minimum absolute atomic E-state index is 0.0666. The Morgan fingerprint density at radius 1 is 0.800 bits per heavy atom. The van der Waals surface area contributed by atoms with Crippen LogP contribution in [0.25, 0.3) is 44.6 Å². The Balaban J connectivity index is 0.000000336. The second-order valence-electron chi connectivity index (χ2n) is 12.3. The van der Waals surface area contributed by atoms with E-state index in [1.54, 1.807) is 24.3 Å². The Morgan fingerprint density at radius 2 is 1.48 bits per heavy atom. The van der Waals surface area contributed by atoms with E-state index in [4.69, 9.17) is 14.5 Å². The third-order valence-electron chi connectivity index (χ3n) is 8.72. The molecule has 0 saturated heterocycles. The fraction of sp³-hybridized carbons (Fsp3) is 0.175. The van der Waals surface area contributed by atoms with Crippen LogP contribution in [-0.4, -0.2) is 43.1 Å². The van der Waals surface area contributed by atoms with Gasteiger partial charge in [0, 0.05) is 25.6 Å². The van der Waals surface area contributed by atoms with E-state index in [0.29, 0.717) is 12.1 Å². The first-order chi connectivity index (χ1) is 23.9. The predicted molar refractivity (Wildman–Crippen MR) is 197 cm³/mol. The number of hydrogen-bond donors (Lipinski definition) is 2. The number of benzene rings is 5. The molecule has 0 aliphatic carbocycles. The summed E-state index contributed by atoms with van der Waals surface area (Å²) in [7, 11) is -1.96. The van der Waals surface area contributed by atoms with Crippen LogP contribution in [-0.2, 0) is 30.1 Å². The Hall–Kier alpha value is -5.58. The molecular weight excluding hydrogens is 649 g/mol. The number of nitrogens with zero attached hydrogens (tertiary/aromatic N) is 4. The SMILES string of the molecule is CCCc1nc2c(C)cc(-c3nc4ccccc4n3C)cc2n1Cc1ccc(-c2ccccc2C(=O)O)cc1.Cc1ccc(S(=O)(=O)O)cc1. The third kappa shape index (κ3) is 7.08. The van der Waals surface area contributed by atoms with E-state index < -0.39 is 16.1 Å². The van der Waals surface area contributed by atoms with Gasteiger partial charge in [-0.15, -0.1) is 0 Å². The van der Waals surface area contributed by atoms with Gasteiger partial charge in [-0.25, -0.2) is 14.8 Å². The van der Waals surface area contributed by atoms with Crippen molar-refractivity contribution in [3.05, 3.63) is 137 Å². The van der Waals surface area contributed by atoms with Crippen molar-refractivity contribution in [3.63, 3.8) is 0 Å². The lowest BCUT2D eigenvalue weighted by molar-refractivity contribution is 0.0697. The summed E-state index contributed by atoms with van der Waals surface area (Å²) >= 11 is 0. The van der Waals surface area contributed by atoms with E-state index in [0.717, 1.165) is 79.9 Å². The molecule has 50 heavy (non-hydrogen) atoms. The number of carboxylic acid groups (broad SMARTS) is 1. The van der Waals surface area contributed by atoms with E-state index in [1.165, 1.54) is 12.1 Å². The van der Waals surface area contributed by atoms with E-state index in [-0.39, 0.29) is 4.90 Å². The quantitative estimate of drug-likeness (QED) is 0.154. The number of aromatic carboxylic acids is 1. The molecule has 2 N–H and O–H groups in total. The van der Waals surface area contributed by atoms with Gasteiger partial charge in [-0.1, -0.05) is 79.2 Å². The first-order valence-electron chi connectivity index (χ1n) is 16.3. The molecule has 0 fully saturated rings. The maximum absolute atomic E-state index is 11.7. The van der Waals surface area contributed by atoms with Crippen molar-refractivity contribution in [1.29, 1.82) is 0 Å². The fourth-order valence-electron chi connectivity index (χ4n) is 6.17. The van der Waals surface area contributed by atoms with Gasteiger partial charge in [0.05, 0.1) is 32.5 Å². The number of carboxylic acids is 1. The first kappa shape index (κ1) is 34.3. The molecule has 0 radical (unpaired) electrons. The zero-order valence-electron chi connectivity index (χ0n) is 28.3. The lowest BCUT2D eigenvalue weighted by Crippen LogP contribution is -2.05. The highest BCUT2D eigenvalue weighted by atomic mass is 32.2. The van der Waals surface area contributed by atoms with Crippen molar-refractivity contribution < 1.29 is 22.9 Å². The molecule has 2 heterocycles. The monoisotopic (exact) mass is 686 g/mol. The molecule has 0 atom stereocenters. The molecule has 0 amide bonds. The fourth-order valence-corrected chi connectivity index (χ4v) is 6.65. The van der Waals surface area contributed by atoms with Crippen LogP contribution in [0.5, 0.6) is 0 Å². The summed E-state index contributed by atoms with van der Waals surface area (Å²) in [5, 5.41) is 9.60. The first-order valence-corrected chi connectivity index (χ1v) is 17.8. The number of carbonyl (C=O) groups is 1. The second-order valence-corrected chi connectivity index (χ2v) is 13.8. The van der Waals surface area contributed by atoms with Crippen LogP contribution in [0.2, 0.25) is 0 Å². The minimum Gasteiger partial charge on any atom is -0.478 e. The highest BCUT2D eigenvalue weighted by Crippen LogP contribution is 2.31. The normalized spacial score (nSPS) is 11.5. The van der Waals surface area contributed by atoms with Gasteiger partial charge in [0.1, 0.15) is 11.6 Å². The van der Waals surface area contributed by atoms with E-state index in [9.17, 15) is 18.3 Å². The zero-order chi connectivity index (χ0) is 35.6. The molecule has 7 rings (SSSR count). The zero-order valence-corrected chi connectivity index (χ0v) is 29.1. The van der Waals surface area contributed by atoms with Crippen LogP contribution in [0.4, 0.5) is 0 Å². The van der Waals surface area contributed by atoms with Crippen molar-refractivity contribution in [1.82, 2.24) is 19.1 Å². The standard InChI is InChI=1S/C33H30N4O2.C7H8O3S/c1-4-9-30-35-31-21(2)18-24(32-34-27-12-7-8-13-28(27)36(32)3)19-29(31)37(30)20-22-14-16-23(17-15-22)25-10-5-6-11-26(25)33(38)39;1-6-2-4-7(5-3-6)11(8,9)10/h5-8,10-19H,4,9,20H2,1-3H3,(H,38,39);2-5H,1H3,(H,8,9,10). The van der Waals surface area contributed by atoms with Crippen LogP contribution in [0, 0.1) is 13.8 Å². The molecule has 0 aliphatic heterocycles. The predicted octanol–water partition coefficient (Wildman–Crippen LogP) is 8.51. The molecule has 9 nitrogen and oxygen atoms in total. The molecule has 0 spiro atoms. The smallest absolute Gasteiger partial charge is 0.336 e. The Morgan fingerprint density at radius 3 is 2.14 bits per heavy atom. The second kappa shape index (κ2) is 14.1.